The Morgan fingerprint density at radius 3 is 2.82 bits per heavy atom. The van der Waals surface area contributed by atoms with Gasteiger partial charge in [0.05, 0.1) is 6.10 Å². The molecule has 64 valence electrons. The van der Waals surface area contributed by atoms with Gasteiger partial charge in [0.2, 0.25) is 0 Å². The summed E-state index contributed by atoms with van der Waals surface area (Å²) in [5.74, 6) is 0. The molecular weight excluding hydrogens is 140 g/mol. The summed E-state index contributed by atoms with van der Waals surface area (Å²) in [6.07, 6.45) is 3.49. The molecule has 0 amide bonds. The third kappa shape index (κ3) is 2.15. The molecule has 0 radical (unpaired) electrons. The van der Waals surface area contributed by atoms with E-state index in [1.807, 2.05) is 0 Å². The van der Waals surface area contributed by atoms with Gasteiger partial charge >= 0.3 is 0 Å². The zero-order valence-corrected chi connectivity index (χ0v) is 6.71. The number of hydrogen-bond donors (Lipinski definition) is 3. The molecule has 11 heavy (non-hydrogen) atoms. The van der Waals surface area contributed by atoms with Gasteiger partial charge < -0.3 is 15.7 Å². The second-order valence-corrected chi connectivity index (χ2v) is 3.68. The minimum Gasteiger partial charge on any atom is -0.392 e. The molecule has 3 nitrogen and oxygen atoms in total. The van der Waals surface area contributed by atoms with Crippen molar-refractivity contribution in [1.29, 1.82) is 0 Å². The molecule has 2 atom stereocenters. The molecule has 0 aromatic carbocycles. The summed E-state index contributed by atoms with van der Waals surface area (Å²) in [5.41, 5.74) is 0. The molecule has 0 aromatic heterocycles. The topological polar surface area (TPSA) is 44.3 Å². The summed E-state index contributed by atoms with van der Waals surface area (Å²) in [7, 11) is 0. The average Bonchev–Trinajstić information content (AvgIpc) is 2.72. The van der Waals surface area contributed by atoms with Crippen molar-refractivity contribution in [2.75, 3.05) is 13.1 Å². The van der Waals surface area contributed by atoms with Crippen LogP contribution in [0.5, 0.6) is 0 Å². The Balaban J connectivity index is 1.62. The van der Waals surface area contributed by atoms with E-state index >= 15 is 0 Å². The van der Waals surface area contributed by atoms with Crippen molar-refractivity contribution in [3.63, 3.8) is 0 Å². The van der Waals surface area contributed by atoms with E-state index < -0.39 is 0 Å². The molecule has 3 N–H and O–H groups in total. The van der Waals surface area contributed by atoms with E-state index in [0.29, 0.717) is 6.04 Å². The first-order valence-corrected chi connectivity index (χ1v) is 4.49. The maximum atomic E-state index is 9.19. The van der Waals surface area contributed by atoms with Gasteiger partial charge in [0.15, 0.2) is 0 Å². The predicted molar refractivity (Wildman–Crippen MR) is 43.4 cm³/mol. The van der Waals surface area contributed by atoms with Crippen molar-refractivity contribution in [2.45, 2.75) is 37.5 Å². The fraction of sp³-hybridized carbons (Fsp3) is 1.00. The van der Waals surface area contributed by atoms with E-state index in [-0.39, 0.29) is 6.10 Å². The molecule has 2 fully saturated rings. The Morgan fingerprint density at radius 1 is 1.45 bits per heavy atom. The average molecular weight is 156 g/mol. The lowest BCUT2D eigenvalue weighted by Crippen LogP contribution is -2.34. The first-order chi connectivity index (χ1) is 5.34. The van der Waals surface area contributed by atoms with Crippen LogP contribution in [0.15, 0.2) is 0 Å². The lowest BCUT2D eigenvalue weighted by molar-refractivity contribution is 0.193. The summed E-state index contributed by atoms with van der Waals surface area (Å²) in [6.45, 7) is 1.80. The fourth-order valence-corrected chi connectivity index (χ4v) is 1.55. The van der Waals surface area contributed by atoms with Crippen molar-refractivity contribution in [1.82, 2.24) is 10.6 Å². The predicted octanol–water partition coefficient (Wildman–Crippen LogP) is -0.539. The number of nitrogens with one attached hydrogen (secondary N) is 2. The molecule has 2 aliphatic rings. The van der Waals surface area contributed by atoms with E-state index in [2.05, 4.69) is 10.6 Å². The monoisotopic (exact) mass is 156 g/mol. The van der Waals surface area contributed by atoms with Gasteiger partial charge in [0.1, 0.15) is 0 Å². The van der Waals surface area contributed by atoms with Crippen LogP contribution in [0.2, 0.25) is 0 Å². The molecule has 1 heterocycles. The van der Waals surface area contributed by atoms with Gasteiger partial charge in [-0.05, 0) is 19.3 Å². The zero-order valence-electron chi connectivity index (χ0n) is 6.71. The van der Waals surface area contributed by atoms with Crippen LogP contribution in [0.25, 0.3) is 0 Å². The van der Waals surface area contributed by atoms with Crippen LogP contribution < -0.4 is 10.6 Å². The Bertz CT molecular complexity index is 136. The quantitative estimate of drug-likeness (QED) is 0.514. The van der Waals surface area contributed by atoms with Gasteiger partial charge in [-0.2, -0.15) is 0 Å². The Labute approximate surface area is 67.2 Å². The highest BCUT2D eigenvalue weighted by molar-refractivity contribution is 4.87. The largest absolute Gasteiger partial charge is 0.392 e. The molecule has 0 aromatic rings. The number of aliphatic hydroxyl groups is 1. The lowest BCUT2D eigenvalue weighted by atomic mass is 10.2. The second kappa shape index (κ2) is 3.09. The maximum Gasteiger partial charge on any atom is 0.0680 e. The molecule has 1 saturated heterocycles. The summed E-state index contributed by atoms with van der Waals surface area (Å²) in [4.78, 5) is 0. The molecule has 0 spiro atoms. The minimum absolute atomic E-state index is 0.110. The number of rotatable bonds is 3. The van der Waals surface area contributed by atoms with Gasteiger partial charge in [0, 0.05) is 25.2 Å². The van der Waals surface area contributed by atoms with E-state index in [1.165, 1.54) is 12.8 Å². The van der Waals surface area contributed by atoms with Crippen LogP contribution in [-0.2, 0) is 0 Å². The normalized spacial score (nSPS) is 37.9. The second-order valence-electron chi connectivity index (χ2n) is 3.68. The SMILES string of the molecule is O[C@H]1CN[C@H](CNC2CC2)C1. The molecule has 2 rings (SSSR count). The Kier molecular flexibility index (Phi) is 2.11. The minimum atomic E-state index is -0.110. The van der Waals surface area contributed by atoms with Crippen LogP contribution in [0.1, 0.15) is 19.3 Å². The van der Waals surface area contributed by atoms with Crippen molar-refractivity contribution in [3.05, 3.63) is 0 Å². The highest BCUT2D eigenvalue weighted by Crippen LogP contribution is 2.18. The Morgan fingerprint density at radius 2 is 2.27 bits per heavy atom. The summed E-state index contributed by atoms with van der Waals surface area (Å²) in [6, 6.07) is 1.29. The van der Waals surface area contributed by atoms with Gasteiger partial charge in [-0.15, -0.1) is 0 Å². The first kappa shape index (κ1) is 7.53. The zero-order chi connectivity index (χ0) is 7.68. The highest BCUT2D eigenvalue weighted by atomic mass is 16.3. The number of β-amino-alcohol motifs (C(OH)–C–C–N with tert-alkyl or cyclic N) is 1. The summed E-state index contributed by atoms with van der Waals surface area (Å²) >= 11 is 0. The molecule has 1 saturated carbocycles. The number of hydrogen-bond acceptors (Lipinski definition) is 3. The molecule has 1 aliphatic carbocycles. The summed E-state index contributed by atoms with van der Waals surface area (Å²) < 4.78 is 0. The molecule has 0 unspecified atom stereocenters. The van der Waals surface area contributed by atoms with Gasteiger partial charge in [-0.3, -0.25) is 0 Å². The van der Waals surface area contributed by atoms with Gasteiger partial charge in [-0.1, -0.05) is 0 Å². The van der Waals surface area contributed by atoms with Crippen molar-refractivity contribution in [3.8, 4) is 0 Å². The van der Waals surface area contributed by atoms with E-state index in [0.717, 1.165) is 25.6 Å². The summed E-state index contributed by atoms with van der Waals surface area (Å²) in [5, 5.41) is 15.9. The number of aliphatic hydroxyl groups excluding tert-OH is 1. The van der Waals surface area contributed by atoms with Gasteiger partial charge in [0.25, 0.3) is 0 Å². The lowest BCUT2D eigenvalue weighted by Gasteiger charge is -2.09. The molecular formula is C8H16N2O. The molecule has 1 aliphatic heterocycles. The third-order valence-corrected chi connectivity index (χ3v) is 2.43. The van der Waals surface area contributed by atoms with Crippen molar-refractivity contribution >= 4 is 0 Å². The van der Waals surface area contributed by atoms with E-state index in [1.54, 1.807) is 0 Å². The Hall–Kier alpha value is -0.120. The standard InChI is InChI=1S/C8H16N2O/c11-8-3-7(10-5-8)4-9-6-1-2-6/h6-11H,1-5H2/t7-,8+/m0/s1. The first-order valence-electron chi connectivity index (χ1n) is 4.49. The van der Waals surface area contributed by atoms with E-state index in [4.69, 9.17) is 0 Å². The molecule has 0 bridgehead atoms. The van der Waals surface area contributed by atoms with Crippen LogP contribution >= 0.6 is 0 Å². The van der Waals surface area contributed by atoms with Crippen LogP contribution in [0.3, 0.4) is 0 Å². The van der Waals surface area contributed by atoms with E-state index in [9.17, 15) is 5.11 Å². The van der Waals surface area contributed by atoms with Crippen LogP contribution in [-0.4, -0.2) is 36.4 Å². The van der Waals surface area contributed by atoms with Crippen molar-refractivity contribution in [2.24, 2.45) is 0 Å². The maximum absolute atomic E-state index is 9.19. The smallest absolute Gasteiger partial charge is 0.0680 e. The van der Waals surface area contributed by atoms with Crippen molar-refractivity contribution < 1.29 is 5.11 Å². The van der Waals surface area contributed by atoms with Crippen LogP contribution in [0, 0.1) is 0 Å². The molecule has 3 heteroatoms. The third-order valence-electron chi connectivity index (χ3n) is 2.43. The van der Waals surface area contributed by atoms with Gasteiger partial charge in [-0.25, -0.2) is 0 Å². The van der Waals surface area contributed by atoms with Crippen LogP contribution in [0.4, 0.5) is 0 Å². The highest BCUT2D eigenvalue weighted by Gasteiger charge is 2.25. The fourth-order valence-electron chi connectivity index (χ4n) is 1.55.